The molecular weight excluding hydrogens is 422 g/mol. The van der Waals surface area contributed by atoms with Crippen molar-refractivity contribution in [2.45, 2.75) is 29.9 Å². The molecule has 0 heterocycles. The van der Waals surface area contributed by atoms with E-state index in [1.54, 1.807) is 0 Å². The highest BCUT2D eigenvalue weighted by Gasteiger charge is 2.85. The van der Waals surface area contributed by atoms with Crippen LogP contribution < -0.4 is 0 Å². The summed E-state index contributed by atoms with van der Waals surface area (Å²) in [5, 5.41) is 0. The summed E-state index contributed by atoms with van der Waals surface area (Å²) in [6.45, 7) is -5.89. The van der Waals surface area contributed by atoms with E-state index in [9.17, 15) is 61.6 Å². The second kappa shape index (κ2) is 7.10. The molecule has 0 radical (unpaired) electrons. The van der Waals surface area contributed by atoms with Gasteiger partial charge < -0.3 is 9.26 Å². The Balaban J connectivity index is 5.57. The average molecular weight is 428 g/mol. The fraction of sp³-hybridized carbons (Fsp3) is 1.00. The molecule has 25 heavy (non-hydrogen) atoms. The van der Waals surface area contributed by atoms with Gasteiger partial charge in [-0.05, 0) is 0 Å². The fourth-order valence-electron chi connectivity index (χ4n) is 1.08. The van der Waals surface area contributed by atoms with E-state index in [-0.39, 0.29) is 0 Å². The average Bonchev–Trinajstić information content (AvgIpc) is 2.33. The summed E-state index contributed by atoms with van der Waals surface area (Å²) in [5.74, 6) is 0. The largest absolute Gasteiger partial charge is 0.463 e. The Morgan fingerprint density at radius 1 is 0.640 bits per heavy atom. The zero-order valence-electron chi connectivity index (χ0n) is 11.2. The van der Waals surface area contributed by atoms with Gasteiger partial charge in [-0.3, -0.25) is 4.57 Å². The van der Waals surface area contributed by atoms with Crippen molar-refractivity contribution in [3.63, 3.8) is 0 Å². The minimum atomic E-state index is -8.23. The van der Waals surface area contributed by atoms with E-state index < -0.39 is 57.0 Å². The molecule has 0 bridgehead atoms. The first-order valence-corrected chi connectivity index (χ1v) is 7.11. The summed E-state index contributed by atoms with van der Waals surface area (Å²) >= 11 is 0. The molecule has 0 saturated heterocycles. The number of halogens is 13. The third kappa shape index (κ3) is 5.12. The SMILES string of the molecule is O=P(OCCOCC(F)(F)F)(C(F)(F)C(F)(F)F)C(F)(F)C(F)(F)F. The molecule has 17 heteroatoms. The van der Waals surface area contributed by atoms with E-state index in [2.05, 4.69) is 9.26 Å². The van der Waals surface area contributed by atoms with Crippen molar-refractivity contribution in [2.24, 2.45) is 0 Å². The van der Waals surface area contributed by atoms with Gasteiger partial charge in [-0.2, -0.15) is 57.1 Å². The lowest BCUT2D eigenvalue weighted by atomic mass is 10.7. The predicted molar refractivity (Wildman–Crippen MR) is 52.4 cm³/mol. The van der Waals surface area contributed by atoms with Crippen LogP contribution in [0.3, 0.4) is 0 Å². The summed E-state index contributed by atoms with van der Waals surface area (Å²) < 4.78 is 177. The lowest BCUT2D eigenvalue weighted by Crippen LogP contribution is -2.48. The number of ether oxygens (including phenoxy) is 1. The first-order chi connectivity index (χ1) is 10.7. The van der Waals surface area contributed by atoms with E-state index >= 15 is 0 Å². The number of hydrogen-bond acceptors (Lipinski definition) is 3. The lowest BCUT2D eigenvalue weighted by molar-refractivity contribution is -0.272. The van der Waals surface area contributed by atoms with E-state index in [0.717, 1.165) is 0 Å². The molecular formula is C8H6F13O3P. The fourth-order valence-corrected chi connectivity index (χ4v) is 2.76. The molecule has 0 aromatic carbocycles. The summed E-state index contributed by atoms with van der Waals surface area (Å²) in [5.41, 5.74) is -14.3. The van der Waals surface area contributed by atoms with E-state index in [1.165, 1.54) is 0 Å². The number of alkyl halides is 13. The Kier molecular flexibility index (Phi) is 6.88. The van der Waals surface area contributed by atoms with Crippen LogP contribution in [0.2, 0.25) is 0 Å². The summed E-state index contributed by atoms with van der Waals surface area (Å²) in [4.78, 5) is 0. The summed E-state index contributed by atoms with van der Waals surface area (Å²) in [7, 11) is -8.23. The van der Waals surface area contributed by atoms with Crippen LogP contribution in [0.5, 0.6) is 0 Å². The topological polar surface area (TPSA) is 35.5 Å². The maximum Gasteiger partial charge on any atom is 0.463 e. The highest BCUT2D eigenvalue weighted by atomic mass is 31.2. The Morgan fingerprint density at radius 3 is 1.28 bits per heavy atom. The van der Waals surface area contributed by atoms with Gasteiger partial charge in [-0.15, -0.1) is 0 Å². The predicted octanol–water partition coefficient (Wildman–Crippen LogP) is 5.17. The molecule has 3 nitrogen and oxygen atoms in total. The quantitative estimate of drug-likeness (QED) is 0.319. The van der Waals surface area contributed by atoms with Crippen LogP contribution in [-0.4, -0.2) is 49.7 Å². The molecule has 0 aliphatic carbocycles. The van der Waals surface area contributed by atoms with E-state index in [1.807, 2.05) is 0 Å². The van der Waals surface area contributed by atoms with Crippen molar-refractivity contribution in [1.82, 2.24) is 0 Å². The van der Waals surface area contributed by atoms with E-state index in [4.69, 9.17) is 0 Å². The summed E-state index contributed by atoms with van der Waals surface area (Å²) in [6, 6.07) is 0. The maximum atomic E-state index is 13.0. The normalized spacial score (nSPS) is 15.6. The second-order valence-corrected chi connectivity index (χ2v) is 6.61. The Labute approximate surface area is 129 Å². The van der Waals surface area contributed by atoms with Gasteiger partial charge in [0.2, 0.25) is 0 Å². The molecule has 0 rings (SSSR count). The van der Waals surface area contributed by atoms with Crippen molar-refractivity contribution in [1.29, 1.82) is 0 Å². The lowest BCUT2D eigenvalue weighted by Gasteiger charge is -2.34. The highest BCUT2D eigenvalue weighted by Crippen LogP contribution is 2.77. The first-order valence-electron chi connectivity index (χ1n) is 5.49. The maximum absolute atomic E-state index is 13.0. The minimum Gasteiger partial charge on any atom is -0.370 e. The summed E-state index contributed by atoms with van der Waals surface area (Å²) in [6.07, 6.45) is -19.3. The number of rotatable bonds is 7. The van der Waals surface area contributed by atoms with Gasteiger partial charge in [-0.1, -0.05) is 0 Å². The van der Waals surface area contributed by atoms with Crippen LogP contribution in [0.1, 0.15) is 0 Å². The smallest absolute Gasteiger partial charge is 0.370 e. The standard InChI is InChI=1S/C8H6F13O3P/c9-4(10,11)3-23-1-2-24-25(22,7(18,19)5(12,13)14)8(20,21)6(15,16)17/h1-3H2. The van der Waals surface area contributed by atoms with Gasteiger partial charge >= 0.3 is 37.2 Å². The zero-order chi connectivity index (χ0) is 20.5. The molecule has 0 aliphatic heterocycles. The van der Waals surface area contributed by atoms with Crippen molar-refractivity contribution in [2.75, 3.05) is 19.8 Å². The molecule has 0 aromatic rings. The highest BCUT2D eigenvalue weighted by molar-refractivity contribution is 7.61. The van der Waals surface area contributed by atoms with Crippen LogP contribution in [0, 0.1) is 0 Å². The molecule has 0 N–H and O–H groups in total. The molecule has 0 saturated carbocycles. The molecule has 0 atom stereocenters. The van der Waals surface area contributed by atoms with Gasteiger partial charge in [0.15, 0.2) is 0 Å². The van der Waals surface area contributed by atoms with Gasteiger partial charge in [0.1, 0.15) is 6.61 Å². The second-order valence-electron chi connectivity index (χ2n) is 4.13. The monoisotopic (exact) mass is 428 g/mol. The van der Waals surface area contributed by atoms with Gasteiger partial charge in [0.05, 0.1) is 13.2 Å². The minimum absolute atomic E-state index is 1.65. The third-order valence-corrected chi connectivity index (χ3v) is 4.72. The van der Waals surface area contributed by atoms with Crippen LogP contribution in [-0.2, 0) is 13.8 Å². The van der Waals surface area contributed by atoms with Gasteiger partial charge in [0.25, 0.3) is 0 Å². The Bertz CT molecular complexity index is 461. The van der Waals surface area contributed by atoms with Gasteiger partial charge in [0, 0.05) is 0 Å². The van der Waals surface area contributed by atoms with Crippen molar-refractivity contribution in [3.8, 4) is 0 Å². The van der Waals surface area contributed by atoms with Gasteiger partial charge in [-0.25, -0.2) is 0 Å². The number of hydrogen-bond donors (Lipinski definition) is 0. The first kappa shape index (κ1) is 24.2. The third-order valence-electron chi connectivity index (χ3n) is 2.19. The Hall–Kier alpha value is -0.760. The van der Waals surface area contributed by atoms with Crippen LogP contribution in [0.15, 0.2) is 0 Å². The van der Waals surface area contributed by atoms with E-state index in [0.29, 0.717) is 0 Å². The van der Waals surface area contributed by atoms with Crippen molar-refractivity contribution in [3.05, 3.63) is 0 Å². The van der Waals surface area contributed by atoms with Crippen LogP contribution in [0.25, 0.3) is 0 Å². The molecule has 0 unspecified atom stereocenters. The van der Waals surface area contributed by atoms with Crippen molar-refractivity contribution >= 4 is 7.37 Å². The van der Waals surface area contributed by atoms with Crippen LogP contribution >= 0.6 is 7.37 Å². The zero-order valence-corrected chi connectivity index (χ0v) is 12.1. The van der Waals surface area contributed by atoms with Crippen molar-refractivity contribution < 1.29 is 70.9 Å². The molecule has 0 aromatic heterocycles. The molecule has 152 valence electrons. The van der Waals surface area contributed by atoms with Crippen LogP contribution in [0.4, 0.5) is 57.1 Å². The molecule has 0 aliphatic rings. The molecule has 0 spiro atoms. The molecule has 0 amide bonds. The Morgan fingerprint density at radius 2 is 1.00 bits per heavy atom. The molecule has 0 fully saturated rings.